The fraction of sp³-hybridized carbons (Fsp3) is 0.647. The number of ether oxygens (including phenoxy) is 1. The van der Waals surface area contributed by atoms with E-state index in [2.05, 4.69) is 15.1 Å². The lowest BCUT2D eigenvalue weighted by atomic mass is 10.1. The summed E-state index contributed by atoms with van der Waals surface area (Å²) in [6.07, 6.45) is 0.174. The van der Waals surface area contributed by atoms with Crippen LogP contribution in [0.3, 0.4) is 0 Å². The van der Waals surface area contributed by atoms with E-state index >= 15 is 0 Å². The largest absolute Gasteiger partial charge is 0.365 e. The fourth-order valence-corrected chi connectivity index (χ4v) is 3.64. The standard InChI is InChI=1S/C17H22F2N6O2/c1-11-12(2)22-16-20-10-21-25(16)14(11)24-7-8-27-13(9-24)15(26)23-5-3-17(18,19)4-6-23/h10,13H,3-9H2,1-2H3. The van der Waals surface area contributed by atoms with Gasteiger partial charge >= 0.3 is 0 Å². The van der Waals surface area contributed by atoms with Gasteiger partial charge in [-0.25, -0.2) is 13.8 Å². The molecule has 2 aliphatic rings. The summed E-state index contributed by atoms with van der Waals surface area (Å²) in [5.41, 5.74) is 1.80. The second-order valence-electron chi connectivity index (χ2n) is 7.10. The predicted molar refractivity (Wildman–Crippen MR) is 93.0 cm³/mol. The van der Waals surface area contributed by atoms with Crippen LogP contribution in [0, 0.1) is 13.8 Å². The zero-order valence-corrected chi connectivity index (χ0v) is 15.4. The highest BCUT2D eigenvalue weighted by Crippen LogP contribution is 2.29. The van der Waals surface area contributed by atoms with Crippen molar-refractivity contribution in [1.82, 2.24) is 24.5 Å². The van der Waals surface area contributed by atoms with Crippen LogP contribution in [0.2, 0.25) is 0 Å². The van der Waals surface area contributed by atoms with E-state index in [1.807, 2.05) is 18.7 Å². The molecule has 2 saturated heterocycles. The minimum atomic E-state index is -2.68. The van der Waals surface area contributed by atoms with Gasteiger partial charge < -0.3 is 14.5 Å². The maximum Gasteiger partial charge on any atom is 0.254 e. The molecule has 0 bridgehead atoms. The van der Waals surface area contributed by atoms with Crippen LogP contribution in [-0.4, -0.2) is 75.2 Å². The zero-order valence-electron chi connectivity index (χ0n) is 15.4. The van der Waals surface area contributed by atoms with Crippen molar-refractivity contribution in [3.05, 3.63) is 17.6 Å². The number of hydrogen-bond donors (Lipinski definition) is 0. The summed E-state index contributed by atoms with van der Waals surface area (Å²) in [7, 11) is 0. The van der Waals surface area contributed by atoms with E-state index in [4.69, 9.17) is 4.74 Å². The number of aryl methyl sites for hydroxylation is 1. The Morgan fingerprint density at radius 2 is 2.00 bits per heavy atom. The Bertz CT molecular complexity index is 860. The summed E-state index contributed by atoms with van der Waals surface area (Å²) in [4.78, 5) is 24.9. The molecule has 1 unspecified atom stereocenters. The first-order valence-corrected chi connectivity index (χ1v) is 9.06. The maximum absolute atomic E-state index is 13.4. The summed E-state index contributed by atoms with van der Waals surface area (Å²) in [6, 6.07) is 0. The summed E-state index contributed by atoms with van der Waals surface area (Å²) in [5, 5.41) is 4.25. The number of anilines is 1. The van der Waals surface area contributed by atoms with Crippen molar-refractivity contribution in [2.24, 2.45) is 0 Å². The van der Waals surface area contributed by atoms with E-state index in [1.54, 1.807) is 4.52 Å². The van der Waals surface area contributed by atoms with Gasteiger partial charge in [0.25, 0.3) is 17.6 Å². The molecule has 0 N–H and O–H groups in total. The minimum Gasteiger partial charge on any atom is -0.365 e. The third-order valence-electron chi connectivity index (χ3n) is 5.32. The molecule has 146 valence electrons. The molecule has 0 aliphatic carbocycles. The van der Waals surface area contributed by atoms with Crippen LogP contribution in [-0.2, 0) is 9.53 Å². The number of carbonyl (C=O) groups is 1. The maximum atomic E-state index is 13.4. The van der Waals surface area contributed by atoms with Crippen LogP contribution < -0.4 is 4.90 Å². The van der Waals surface area contributed by atoms with Gasteiger partial charge in [-0.1, -0.05) is 0 Å². The molecule has 0 spiro atoms. The van der Waals surface area contributed by atoms with Crippen LogP contribution in [0.4, 0.5) is 14.6 Å². The number of amides is 1. The molecule has 2 aromatic rings. The molecule has 27 heavy (non-hydrogen) atoms. The van der Waals surface area contributed by atoms with E-state index in [0.717, 1.165) is 17.1 Å². The topological polar surface area (TPSA) is 75.9 Å². The second-order valence-corrected chi connectivity index (χ2v) is 7.10. The van der Waals surface area contributed by atoms with E-state index < -0.39 is 12.0 Å². The number of morpholine rings is 1. The van der Waals surface area contributed by atoms with Crippen molar-refractivity contribution in [3.63, 3.8) is 0 Å². The van der Waals surface area contributed by atoms with Gasteiger partial charge in [-0.3, -0.25) is 4.79 Å². The Morgan fingerprint density at radius 3 is 2.74 bits per heavy atom. The first-order valence-electron chi connectivity index (χ1n) is 9.06. The SMILES string of the molecule is Cc1nc2ncnn2c(N2CCOC(C(=O)N3CCC(F)(F)CC3)C2)c1C. The summed E-state index contributed by atoms with van der Waals surface area (Å²) in [5.74, 6) is -1.57. The minimum absolute atomic E-state index is 0.0619. The van der Waals surface area contributed by atoms with Crippen molar-refractivity contribution in [1.29, 1.82) is 0 Å². The number of aromatic nitrogens is 4. The summed E-state index contributed by atoms with van der Waals surface area (Å²) < 4.78 is 34.1. The Morgan fingerprint density at radius 1 is 1.26 bits per heavy atom. The fourth-order valence-electron chi connectivity index (χ4n) is 3.64. The monoisotopic (exact) mass is 380 g/mol. The average Bonchev–Trinajstić information content (AvgIpc) is 3.10. The molecular formula is C17H22F2N6O2. The Hall–Kier alpha value is -2.36. The van der Waals surface area contributed by atoms with Crippen molar-refractivity contribution in [2.45, 2.75) is 38.7 Å². The smallest absolute Gasteiger partial charge is 0.254 e. The first kappa shape index (κ1) is 18.0. The highest BCUT2D eigenvalue weighted by atomic mass is 19.3. The lowest BCUT2D eigenvalue weighted by Gasteiger charge is -2.38. The van der Waals surface area contributed by atoms with E-state index in [0.29, 0.717) is 25.5 Å². The van der Waals surface area contributed by atoms with Crippen LogP contribution in [0.1, 0.15) is 24.1 Å². The predicted octanol–water partition coefficient (Wildman–Crippen LogP) is 1.20. The van der Waals surface area contributed by atoms with Crippen LogP contribution in [0.5, 0.6) is 0 Å². The molecule has 1 amide bonds. The van der Waals surface area contributed by atoms with E-state index in [-0.39, 0.29) is 31.8 Å². The molecule has 2 aromatic heterocycles. The molecule has 10 heteroatoms. The third-order valence-corrected chi connectivity index (χ3v) is 5.32. The number of nitrogens with zero attached hydrogens (tertiary/aromatic N) is 6. The van der Waals surface area contributed by atoms with Gasteiger partial charge in [-0.05, 0) is 13.8 Å². The quantitative estimate of drug-likeness (QED) is 0.780. The summed E-state index contributed by atoms with van der Waals surface area (Å²) in [6.45, 7) is 5.30. The van der Waals surface area contributed by atoms with Gasteiger partial charge in [0.2, 0.25) is 0 Å². The summed E-state index contributed by atoms with van der Waals surface area (Å²) >= 11 is 0. The molecule has 2 aliphatic heterocycles. The number of hydrogen-bond acceptors (Lipinski definition) is 6. The molecule has 4 heterocycles. The average molecular weight is 380 g/mol. The number of carbonyl (C=O) groups excluding carboxylic acids is 1. The second kappa shape index (κ2) is 6.66. The zero-order chi connectivity index (χ0) is 19.2. The Kier molecular flexibility index (Phi) is 4.45. The Labute approximate surface area is 155 Å². The van der Waals surface area contributed by atoms with Crippen LogP contribution in [0.25, 0.3) is 5.78 Å². The number of alkyl halides is 2. The van der Waals surface area contributed by atoms with Crippen LogP contribution in [0.15, 0.2) is 6.33 Å². The van der Waals surface area contributed by atoms with Crippen molar-refractivity contribution in [3.8, 4) is 0 Å². The van der Waals surface area contributed by atoms with Crippen molar-refractivity contribution < 1.29 is 18.3 Å². The van der Waals surface area contributed by atoms with Gasteiger partial charge in [0.15, 0.2) is 6.10 Å². The van der Waals surface area contributed by atoms with Crippen molar-refractivity contribution in [2.75, 3.05) is 37.7 Å². The van der Waals surface area contributed by atoms with Gasteiger partial charge in [0.1, 0.15) is 12.1 Å². The third kappa shape index (κ3) is 3.33. The van der Waals surface area contributed by atoms with Gasteiger partial charge in [-0.15, -0.1) is 0 Å². The number of halogens is 2. The molecule has 8 nitrogen and oxygen atoms in total. The number of likely N-dealkylation sites (tertiary alicyclic amines) is 1. The lowest BCUT2D eigenvalue weighted by molar-refractivity contribution is -0.150. The number of rotatable bonds is 2. The van der Waals surface area contributed by atoms with E-state index in [9.17, 15) is 13.6 Å². The Balaban J connectivity index is 1.55. The van der Waals surface area contributed by atoms with E-state index in [1.165, 1.54) is 11.2 Å². The highest BCUT2D eigenvalue weighted by molar-refractivity contribution is 5.82. The molecule has 0 saturated carbocycles. The number of piperidine rings is 1. The highest BCUT2D eigenvalue weighted by Gasteiger charge is 2.39. The molecular weight excluding hydrogens is 358 g/mol. The molecule has 4 rings (SSSR count). The molecule has 0 radical (unpaired) electrons. The molecule has 1 atom stereocenters. The normalized spacial score (nSPS) is 23.0. The number of fused-ring (bicyclic) bond motifs is 1. The van der Waals surface area contributed by atoms with Gasteiger partial charge in [-0.2, -0.15) is 14.6 Å². The molecule has 0 aromatic carbocycles. The van der Waals surface area contributed by atoms with Gasteiger partial charge in [0.05, 0.1) is 13.2 Å². The molecule has 2 fully saturated rings. The van der Waals surface area contributed by atoms with Gasteiger partial charge in [0, 0.05) is 43.7 Å². The first-order chi connectivity index (χ1) is 12.9. The lowest BCUT2D eigenvalue weighted by Crippen LogP contribution is -2.54. The van der Waals surface area contributed by atoms with Crippen molar-refractivity contribution >= 4 is 17.5 Å². The van der Waals surface area contributed by atoms with Crippen LogP contribution >= 0.6 is 0 Å².